The van der Waals surface area contributed by atoms with Crippen molar-refractivity contribution in [3.05, 3.63) is 47.2 Å². The van der Waals surface area contributed by atoms with E-state index in [0.29, 0.717) is 0 Å². The molecule has 3 nitrogen and oxygen atoms in total. The molecule has 0 saturated carbocycles. The van der Waals surface area contributed by atoms with Crippen molar-refractivity contribution in [1.29, 1.82) is 0 Å². The topological polar surface area (TPSA) is 29.9 Å². The maximum Gasteiger partial charge on any atom is 0.0593 e. The molecule has 0 spiro atoms. The van der Waals surface area contributed by atoms with E-state index < -0.39 is 0 Å². The minimum absolute atomic E-state index is 0.758. The second-order valence-electron chi connectivity index (χ2n) is 3.65. The number of anilines is 1. The van der Waals surface area contributed by atoms with E-state index in [9.17, 15) is 0 Å². The van der Waals surface area contributed by atoms with Crippen LogP contribution in [0.5, 0.6) is 0 Å². The molecule has 84 valence electrons. The van der Waals surface area contributed by atoms with Crippen molar-refractivity contribution in [2.24, 2.45) is 0 Å². The zero-order valence-corrected chi connectivity index (χ0v) is 9.91. The summed E-state index contributed by atoms with van der Waals surface area (Å²) in [6.07, 6.45) is 1.98. The van der Waals surface area contributed by atoms with Crippen molar-refractivity contribution in [3.63, 3.8) is 0 Å². The fraction of sp³-hybridized carbons (Fsp3) is 0.250. The molecule has 4 heteroatoms. The highest BCUT2D eigenvalue weighted by Gasteiger charge is 1.94. The van der Waals surface area contributed by atoms with Gasteiger partial charge in [-0.05, 0) is 37.3 Å². The molecule has 1 N–H and O–H groups in total. The molecule has 0 aliphatic carbocycles. The van der Waals surface area contributed by atoms with Gasteiger partial charge >= 0.3 is 0 Å². The van der Waals surface area contributed by atoms with Crippen LogP contribution in [0.2, 0.25) is 5.02 Å². The largest absolute Gasteiger partial charge is 0.383 e. The van der Waals surface area contributed by atoms with Crippen molar-refractivity contribution >= 4 is 17.3 Å². The lowest BCUT2D eigenvalue weighted by atomic mass is 10.3. The summed E-state index contributed by atoms with van der Waals surface area (Å²) < 4.78 is 1.93. The van der Waals surface area contributed by atoms with Gasteiger partial charge < -0.3 is 5.32 Å². The molecular formula is C12H14ClN3. The van der Waals surface area contributed by atoms with E-state index in [0.717, 1.165) is 29.5 Å². The molecule has 2 rings (SSSR count). The Bertz CT molecular complexity index is 448. The average Bonchev–Trinajstić information content (AvgIpc) is 2.67. The molecule has 1 heterocycles. The lowest BCUT2D eigenvalue weighted by molar-refractivity contribution is 0.632. The zero-order valence-electron chi connectivity index (χ0n) is 9.15. The maximum absolute atomic E-state index is 5.80. The number of hydrogen-bond acceptors (Lipinski definition) is 2. The Hall–Kier alpha value is -1.48. The summed E-state index contributed by atoms with van der Waals surface area (Å²) in [5.41, 5.74) is 2.12. The molecular weight excluding hydrogens is 222 g/mol. The first-order valence-electron chi connectivity index (χ1n) is 5.23. The lowest BCUT2D eigenvalue weighted by Gasteiger charge is -2.06. The molecule has 0 unspecified atom stereocenters. The van der Waals surface area contributed by atoms with Crippen LogP contribution in [0.4, 0.5) is 5.69 Å². The average molecular weight is 236 g/mol. The van der Waals surface area contributed by atoms with Crippen LogP contribution in [-0.4, -0.2) is 16.3 Å². The summed E-state index contributed by atoms with van der Waals surface area (Å²) in [6.45, 7) is 3.70. The Balaban J connectivity index is 1.82. The number of nitrogens with zero attached hydrogens (tertiary/aromatic N) is 2. The smallest absolute Gasteiger partial charge is 0.0593 e. The zero-order chi connectivity index (χ0) is 11.4. The number of nitrogens with one attached hydrogen (secondary N) is 1. The molecule has 16 heavy (non-hydrogen) atoms. The first kappa shape index (κ1) is 11.0. The fourth-order valence-electron chi connectivity index (χ4n) is 1.47. The van der Waals surface area contributed by atoms with Crippen LogP contribution in [0.1, 0.15) is 5.69 Å². The van der Waals surface area contributed by atoms with Gasteiger partial charge in [0.15, 0.2) is 0 Å². The summed E-state index contributed by atoms with van der Waals surface area (Å²) in [7, 11) is 0. The molecule has 0 saturated heterocycles. The van der Waals surface area contributed by atoms with Gasteiger partial charge in [0.2, 0.25) is 0 Å². The van der Waals surface area contributed by atoms with Gasteiger partial charge in [-0.25, -0.2) is 0 Å². The van der Waals surface area contributed by atoms with E-state index in [2.05, 4.69) is 10.4 Å². The summed E-state index contributed by atoms with van der Waals surface area (Å²) in [5.74, 6) is 0. The predicted molar refractivity (Wildman–Crippen MR) is 66.9 cm³/mol. The van der Waals surface area contributed by atoms with Gasteiger partial charge in [-0.1, -0.05) is 11.6 Å². The van der Waals surface area contributed by atoms with Crippen LogP contribution >= 0.6 is 11.6 Å². The number of hydrogen-bond donors (Lipinski definition) is 1. The fourth-order valence-corrected chi connectivity index (χ4v) is 1.60. The van der Waals surface area contributed by atoms with Gasteiger partial charge in [-0.3, -0.25) is 4.68 Å². The molecule has 0 bridgehead atoms. The SMILES string of the molecule is Cc1ccn(CCNc2ccc(Cl)cc2)n1. The van der Waals surface area contributed by atoms with Gasteiger partial charge in [-0.15, -0.1) is 0 Å². The number of aromatic nitrogens is 2. The van der Waals surface area contributed by atoms with Crippen molar-refractivity contribution in [1.82, 2.24) is 9.78 Å². The third kappa shape index (κ3) is 3.00. The molecule has 1 aromatic carbocycles. The monoisotopic (exact) mass is 235 g/mol. The van der Waals surface area contributed by atoms with Crippen LogP contribution in [0.25, 0.3) is 0 Å². The third-order valence-corrected chi connectivity index (χ3v) is 2.54. The summed E-state index contributed by atoms with van der Waals surface area (Å²) in [4.78, 5) is 0. The van der Waals surface area contributed by atoms with Crippen molar-refractivity contribution in [2.45, 2.75) is 13.5 Å². The number of halogens is 1. The van der Waals surface area contributed by atoms with Gasteiger partial charge in [-0.2, -0.15) is 5.10 Å². The Morgan fingerprint density at radius 1 is 1.25 bits per heavy atom. The quantitative estimate of drug-likeness (QED) is 0.883. The predicted octanol–water partition coefficient (Wildman–Crippen LogP) is 2.96. The molecule has 0 atom stereocenters. The summed E-state index contributed by atoms with van der Waals surface area (Å²) in [5, 5.41) is 8.38. The van der Waals surface area contributed by atoms with Crippen molar-refractivity contribution < 1.29 is 0 Å². The Labute approximate surface area is 100 Å². The highest BCUT2D eigenvalue weighted by atomic mass is 35.5. The third-order valence-electron chi connectivity index (χ3n) is 2.29. The van der Waals surface area contributed by atoms with E-state index in [1.165, 1.54) is 0 Å². The summed E-state index contributed by atoms with van der Waals surface area (Å²) >= 11 is 5.80. The van der Waals surface area contributed by atoms with E-state index >= 15 is 0 Å². The molecule has 0 aliphatic rings. The standard InChI is InChI=1S/C12H14ClN3/c1-10-6-8-16(15-10)9-7-14-12-4-2-11(13)3-5-12/h2-6,8,14H,7,9H2,1H3. The minimum atomic E-state index is 0.758. The Morgan fingerprint density at radius 2 is 2.00 bits per heavy atom. The highest BCUT2D eigenvalue weighted by Crippen LogP contribution is 2.12. The van der Waals surface area contributed by atoms with Crippen molar-refractivity contribution in [2.75, 3.05) is 11.9 Å². The second kappa shape index (κ2) is 5.03. The van der Waals surface area contributed by atoms with E-state index in [1.54, 1.807) is 0 Å². The van der Waals surface area contributed by atoms with Crippen LogP contribution in [0.15, 0.2) is 36.5 Å². The molecule has 0 aliphatic heterocycles. The van der Waals surface area contributed by atoms with Gasteiger partial charge in [0, 0.05) is 23.5 Å². The van der Waals surface area contributed by atoms with Crippen LogP contribution in [0.3, 0.4) is 0 Å². The maximum atomic E-state index is 5.80. The van der Waals surface area contributed by atoms with Crippen LogP contribution < -0.4 is 5.32 Å². The Morgan fingerprint density at radius 3 is 2.62 bits per heavy atom. The van der Waals surface area contributed by atoms with Crippen LogP contribution in [0, 0.1) is 6.92 Å². The normalized spacial score (nSPS) is 10.4. The number of aryl methyl sites for hydroxylation is 1. The van der Waals surface area contributed by atoms with Gasteiger partial charge in [0.25, 0.3) is 0 Å². The summed E-state index contributed by atoms with van der Waals surface area (Å²) in [6, 6.07) is 9.69. The van der Waals surface area contributed by atoms with Crippen LogP contribution in [-0.2, 0) is 6.54 Å². The number of benzene rings is 1. The molecule has 2 aromatic rings. The van der Waals surface area contributed by atoms with E-state index in [1.807, 2.05) is 48.1 Å². The van der Waals surface area contributed by atoms with Gasteiger partial charge in [0.05, 0.1) is 12.2 Å². The first-order chi connectivity index (χ1) is 7.74. The van der Waals surface area contributed by atoms with Gasteiger partial charge in [0.1, 0.15) is 0 Å². The molecule has 0 fully saturated rings. The lowest BCUT2D eigenvalue weighted by Crippen LogP contribution is -2.10. The van der Waals surface area contributed by atoms with Crippen molar-refractivity contribution in [3.8, 4) is 0 Å². The minimum Gasteiger partial charge on any atom is -0.383 e. The molecule has 0 radical (unpaired) electrons. The number of rotatable bonds is 4. The molecule has 0 amide bonds. The highest BCUT2D eigenvalue weighted by molar-refractivity contribution is 6.30. The molecule has 1 aromatic heterocycles. The van der Waals surface area contributed by atoms with E-state index in [4.69, 9.17) is 11.6 Å². The second-order valence-corrected chi connectivity index (χ2v) is 4.09. The Kier molecular flexibility index (Phi) is 3.47. The van der Waals surface area contributed by atoms with E-state index in [-0.39, 0.29) is 0 Å². The first-order valence-corrected chi connectivity index (χ1v) is 5.61.